The number of ether oxygens (including phenoxy) is 2. The van der Waals surface area contributed by atoms with Gasteiger partial charge in [0.15, 0.2) is 5.96 Å². The summed E-state index contributed by atoms with van der Waals surface area (Å²) < 4.78 is 10.8. The Morgan fingerprint density at radius 1 is 1.24 bits per heavy atom. The Bertz CT molecular complexity index is 581. The van der Waals surface area contributed by atoms with E-state index in [-0.39, 0.29) is 5.54 Å². The van der Waals surface area contributed by atoms with Crippen molar-refractivity contribution in [2.45, 2.75) is 32.9 Å². The Morgan fingerprint density at radius 2 is 1.96 bits per heavy atom. The van der Waals surface area contributed by atoms with Crippen molar-refractivity contribution in [3.05, 3.63) is 29.3 Å². The highest BCUT2D eigenvalue weighted by Gasteiger charge is 2.28. The van der Waals surface area contributed by atoms with Crippen LogP contribution in [0.1, 0.15) is 25.0 Å². The Balaban J connectivity index is 1.87. The van der Waals surface area contributed by atoms with Crippen molar-refractivity contribution in [1.82, 2.24) is 15.5 Å². The maximum Gasteiger partial charge on any atom is 0.191 e. The van der Waals surface area contributed by atoms with Crippen molar-refractivity contribution >= 4 is 5.96 Å². The summed E-state index contributed by atoms with van der Waals surface area (Å²) in [5, 5.41) is 6.83. The first-order valence-electron chi connectivity index (χ1n) is 8.86. The van der Waals surface area contributed by atoms with E-state index in [9.17, 15) is 0 Å². The number of rotatable bonds is 6. The van der Waals surface area contributed by atoms with E-state index in [1.54, 1.807) is 14.2 Å². The molecule has 1 aromatic carbocycles. The first kappa shape index (κ1) is 19.5. The summed E-state index contributed by atoms with van der Waals surface area (Å²) in [7, 11) is 3.49. The lowest BCUT2D eigenvalue weighted by Crippen LogP contribution is -2.56. The minimum absolute atomic E-state index is 0.0496. The van der Waals surface area contributed by atoms with Gasteiger partial charge in [0.25, 0.3) is 0 Å². The molecular weight excluding hydrogens is 316 g/mol. The topological polar surface area (TPSA) is 58.1 Å². The van der Waals surface area contributed by atoms with Gasteiger partial charge in [0, 0.05) is 38.8 Å². The zero-order chi connectivity index (χ0) is 18.3. The summed E-state index contributed by atoms with van der Waals surface area (Å²) >= 11 is 0. The summed E-state index contributed by atoms with van der Waals surface area (Å²) in [5.41, 5.74) is 2.41. The van der Waals surface area contributed by atoms with Gasteiger partial charge in [-0.1, -0.05) is 6.07 Å². The molecule has 6 nitrogen and oxygen atoms in total. The SMILES string of the molecule is CN=C(NCc1cc(C)cc(OC)c1)NCC(C)(C)N1CCOCC1. The monoisotopic (exact) mass is 348 g/mol. The maximum atomic E-state index is 5.45. The highest BCUT2D eigenvalue weighted by molar-refractivity contribution is 5.79. The smallest absolute Gasteiger partial charge is 0.191 e. The second-order valence-corrected chi connectivity index (χ2v) is 7.05. The Hall–Kier alpha value is -1.79. The number of nitrogens with one attached hydrogen (secondary N) is 2. The van der Waals surface area contributed by atoms with Gasteiger partial charge in [-0.2, -0.15) is 0 Å². The van der Waals surface area contributed by atoms with Crippen LogP contribution < -0.4 is 15.4 Å². The normalized spacial score (nSPS) is 16.6. The molecule has 0 unspecified atom stereocenters. The number of guanidine groups is 1. The maximum absolute atomic E-state index is 5.45. The fraction of sp³-hybridized carbons (Fsp3) is 0.632. The highest BCUT2D eigenvalue weighted by atomic mass is 16.5. The molecule has 1 aliphatic heterocycles. The van der Waals surface area contributed by atoms with Crippen LogP contribution in [0.5, 0.6) is 5.75 Å². The lowest BCUT2D eigenvalue weighted by molar-refractivity contribution is -0.00834. The van der Waals surface area contributed by atoms with Gasteiger partial charge in [-0.05, 0) is 44.0 Å². The first-order chi connectivity index (χ1) is 11.9. The lowest BCUT2D eigenvalue weighted by atomic mass is 10.0. The van der Waals surface area contributed by atoms with Gasteiger partial charge < -0.3 is 20.1 Å². The molecule has 0 spiro atoms. The minimum atomic E-state index is 0.0496. The number of morpholine rings is 1. The number of nitrogens with zero attached hydrogens (tertiary/aromatic N) is 2. The molecule has 2 N–H and O–H groups in total. The summed E-state index contributed by atoms with van der Waals surface area (Å²) in [6.07, 6.45) is 0. The van der Waals surface area contributed by atoms with Crippen molar-refractivity contribution in [2.24, 2.45) is 4.99 Å². The molecule has 6 heteroatoms. The van der Waals surface area contributed by atoms with Crippen molar-refractivity contribution in [2.75, 3.05) is 47.0 Å². The second kappa shape index (κ2) is 9.06. The van der Waals surface area contributed by atoms with Crippen LogP contribution in [0.25, 0.3) is 0 Å². The van der Waals surface area contributed by atoms with Crippen LogP contribution >= 0.6 is 0 Å². The first-order valence-corrected chi connectivity index (χ1v) is 8.86. The van der Waals surface area contributed by atoms with Crippen molar-refractivity contribution in [3.63, 3.8) is 0 Å². The lowest BCUT2D eigenvalue weighted by Gasteiger charge is -2.41. The zero-order valence-electron chi connectivity index (χ0n) is 16.2. The number of aliphatic imine (C=N–C) groups is 1. The highest BCUT2D eigenvalue weighted by Crippen LogP contribution is 2.17. The van der Waals surface area contributed by atoms with Crippen LogP contribution in [-0.2, 0) is 11.3 Å². The van der Waals surface area contributed by atoms with Crippen LogP contribution in [0.2, 0.25) is 0 Å². The van der Waals surface area contributed by atoms with E-state index in [1.165, 1.54) is 11.1 Å². The average Bonchev–Trinajstić information content (AvgIpc) is 2.62. The molecule has 0 atom stereocenters. The predicted octanol–water partition coefficient (Wildman–Crippen LogP) is 1.78. The van der Waals surface area contributed by atoms with E-state index in [1.807, 2.05) is 12.1 Å². The second-order valence-electron chi connectivity index (χ2n) is 7.05. The molecule has 1 aromatic rings. The molecule has 1 fully saturated rings. The summed E-state index contributed by atoms with van der Waals surface area (Å²) in [6, 6.07) is 6.23. The molecule has 1 heterocycles. The van der Waals surface area contributed by atoms with Crippen LogP contribution in [0.3, 0.4) is 0 Å². The predicted molar refractivity (Wildman–Crippen MR) is 102 cm³/mol. The fourth-order valence-corrected chi connectivity index (χ4v) is 3.03. The molecule has 140 valence electrons. The Kier molecular flexibility index (Phi) is 7.08. The zero-order valence-corrected chi connectivity index (χ0v) is 16.2. The van der Waals surface area contributed by atoms with Gasteiger partial charge in [0.1, 0.15) is 5.75 Å². The molecular formula is C19H32N4O2. The van der Waals surface area contributed by atoms with Crippen LogP contribution in [0.15, 0.2) is 23.2 Å². The van der Waals surface area contributed by atoms with E-state index < -0.39 is 0 Å². The number of hydrogen-bond acceptors (Lipinski definition) is 4. The molecule has 0 radical (unpaired) electrons. The van der Waals surface area contributed by atoms with Gasteiger partial charge in [-0.15, -0.1) is 0 Å². The van der Waals surface area contributed by atoms with E-state index in [0.29, 0.717) is 6.54 Å². The van der Waals surface area contributed by atoms with Gasteiger partial charge >= 0.3 is 0 Å². The number of aryl methyl sites for hydroxylation is 1. The fourth-order valence-electron chi connectivity index (χ4n) is 3.03. The summed E-state index contributed by atoms with van der Waals surface area (Å²) in [4.78, 5) is 6.80. The van der Waals surface area contributed by atoms with E-state index >= 15 is 0 Å². The van der Waals surface area contributed by atoms with E-state index in [2.05, 4.69) is 47.4 Å². The average molecular weight is 348 g/mol. The molecule has 0 aliphatic carbocycles. The minimum Gasteiger partial charge on any atom is -0.497 e. The third kappa shape index (κ3) is 5.90. The number of hydrogen-bond donors (Lipinski definition) is 2. The van der Waals surface area contributed by atoms with E-state index in [0.717, 1.165) is 44.6 Å². The summed E-state index contributed by atoms with van der Waals surface area (Å²) in [5.74, 6) is 1.69. The summed E-state index contributed by atoms with van der Waals surface area (Å²) in [6.45, 7) is 11.7. The van der Waals surface area contributed by atoms with Crippen molar-refractivity contribution in [3.8, 4) is 5.75 Å². The molecule has 1 saturated heterocycles. The van der Waals surface area contributed by atoms with Crippen LogP contribution in [-0.4, -0.2) is 63.4 Å². The van der Waals surface area contributed by atoms with Gasteiger partial charge in [-0.25, -0.2) is 0 Å². The van der Waals surface area contributed by atoms with Crippen molar-refractivity contribution in [1.29, 1.82) is 0 Å². The third-order valence-electron chi connectivity index (χ3n) is 4.59. The molecule has 0 bridgehead atoms. The van der Waals surface area contributed by atoms with Crippen LogP contribution in [0.4, 0.5) is 0 Å². The van der Waals surface area contributed by atoms with Crippen molar-refractivity contribution < 1.29 is 9.47 Å². The standard InChI is InChI=1S/C19H32N4O2/c1-15-10-16(12-17(11-15)24-5)13-21-18(20-4)22-14-19(2,3)23-6-8-25-9-7-23/h10-12H,6-9,13-14H2,1-5H3,(H2,20,21,22). The Morgan fingerprint density at radius 3 is 2.60 bits per heavy atom. The molecule has 25 heavy (non-hydrogen) atoms. The molecule has 1 aliphatic rings. The number of benzene rings is 1. The quantitative estimate of drug-likeness (QED) is 0.606. The molecule has 0 amide bonds. The van der Waals surface area contributed by atoms with Crippen LogP contribution in [0, 0.1) is 6.92 Å². The van der Waals surface area contributed by atoms with Gasteiger partial charge in [0.05, 0.1) is 20.3 Å². The van der Waals surface area contributed by atoms with Gasteiger partial charge in [0.2, 0.25) is 0 Å². The molecule has 2 rings (SSSR count). The van der Waals surface area contributed by atoms with Gasteiger partial charge in [-0.3, -0.25) is 9.89 Å². The largest absolute Gasteiger partial charge is 0.497 e. The number of methoxy groups -OCH3 is 1. The Labute approximate surface area is 151 Å². The molecule has 0 aromatic heterocycles. The molecule has 0 saturated carbocycles. The third-order valence-corrected chi connectivity index (χ3v) is 4.59. The van der Waals surface area contributed by atoms with E-state index in [4.69, 9.17) is 9.47 Å².